The predicted molar refractivity (Wildman–Crippen MR) is 85.6 cm³/mol. The number of carbonyl (C=O) groups is 1. The highest BCUT2D eigenvalue weighted by Gasteiger charge is 2.50. The zero-order valence-electron chi connectivity index (χ0n) is 14.1. The number of carboxylic acid groups (broad SMARTS) is 1. The molecular formula is C17H30N2O4. The largest absolute Gasteiger partial charge is 0.480 e. The summed E-state index contributed by atoms with van der Waals surface area (Å²) in [7, 11) is 0. The van der Waals surface area contributed by atoms with E-state index in [4.69, 9.17) is 4.84 Å². The van der Waals surface area contributed by atoms with Crippen LogP contribution >= 0.6 is 0 Å². The number of hydroxylamine groups is 2. The summed E-state index contributed by atoms with van der Waals surface area (Å²) in [5.74, 6) is -0.885. The van der Waals surface area contributed by atoms with Crippen molar-refractivity contribution in [1.82, 2.24) is 10.4 Å². The van der Waals surface area contributed by atoms with E-state index in [0.717, 1.165) is 12.8 Å². The number of hydrogen-bond donors (Lipinski definition) is 3. The highest BCUT2D eigenvalue weighted by Crippen LogP contribution is 2.52. The third kappa shape index (κ3) is 3.40. The average Bonchev–Trinajstić information content (AvgIpc) is 2.95. The lowest BCUT2D eigenvalue weighted by molar-refractivity contribution is -0.231. The Morgan fingerprint density at radius 1 is 1.26 bits per heavy atom. The van der Waals surface area contributed by atoms with Crippen LogP contribution in [-0.4, -0.2) is 52.2 Å². The van der Waals surface area contributed by atoms with E-state index < -0.39 is 17.7 Å². The molecule has 3 rings (SSSR count). The Kier molecular flexibility index (Phi) is 4.97. The maximum atomic E-state index is 11.8. The predicted octanol–water partition coefficient (Wildman–Crippen LogP) is 1.88. The molecule has 3 atom stereocenters. The molecule has 1 heterocycles. The maximum Gasteiger partial charge on any atom is 0.326 e. The van der Waals surface area contributed by atoms with E-state index in [1.807, 2.05) is 0 Å². The molecule has 3 fully saturated rings. The van der Waals surface area contributed by atoms with Gasteiger partial charge in [0.25, 0.3) is 0 Å². The standard InChI is InChI=1S/C17H30N2O4/c1-16(15(21)22,12-23-19-11-5-6-14(19)20)18-13-7-10-17(13)8-3-2-4-9-17/h13-14,18,20H,2-12H2,1H3,(H,21,22). The molecule has 3 unspecified atom stereocenters. The molecule has 3 N–H and O–H groups in total. The summed E-state index contributed by atoms with van der Waals surface area (Å²) < 4.78 is 0. The molecule has 0 aromatic carbocycles. The molecule has 132 valence electrons. The number of aliphatic carboxylic acids is 1. The lowest BCUT2D eigenvalue weighted by Gasteiger charge is -2.54. The monoisotopic (exact) mass is 326 g/mol. The van der Waals surface area contributed by atoms with Crippen molar-refractivity contribution in [2.45, 2.75) is 82.5 Å². The van der Waals surface area contributed by atoms with E-state index in [2.05, 4.69) is 5.32 Å². The van der Waals surface area contributed by atoms with Gasteiger partial charge >= 0.3 is 5.97 Å². The second-order valence-corrected chi connectivity index (χ2v) is 7.83. The van der Waals surface area contributed by atoms with E-state index >= 15 is 0 Å². The van der Waals surface area contributed by atoms with Gasteiger partial charge in [-0.05, 0) is 50.9 Å². The van der Waals surface area contributed by atoms with Crippen molar-refractivity contribution in [1.29, 1.82) is 0 Å². The van der Waals surface area contributed by atoms with E-state index in [1.165, 1.54) is 43.6 Å². The first kappa shape index (κ1) is 17.1. The summed E-state index contributed by atoms with van der Waals surface area (Å²) in [6, 6.07) is 0.274. The SMILES string of the molecule is CC(CON1CCCC1O)(NC1CCC12CCCCC2)C(=O)O. The van der Waals surface area contributed by atoms with E-state index in [9.17, 15) is 15.0 Å². The summed E-state index contributed by atoms with van der Waals surface area (Å²) >= 11 is 0. The van der Waals surface area contributed by atoms with Crippen LogP contribution in [0.5, 0.6) is 0 Å². The van der Waals surface area contributed by atoms with Crippen LogP contribution in [0.4, 0.5) is 0 Å². The van der Waals surface area contributed by atoms with Crippen LogP contribution in [0, 0.1) is 5.41 Å². The molecule has 6 heteroatoms. The average molecular weight is 326 g/mol. The van der Waals surface area contributed by atoms with Crippen LogP contribution in [0.3, 0.4) is 0 Å². The Morgan fingerprint density at radius 2 is 2.00 bits per heavy atom. The Hall–Kier alpha value is -0.690. The molecule has 2 saturated carbocycles. The third-order valence-corrected chi connectivity index (χ3v) is 6.18. The number of nitrogens with one attached hydrogen (secondary N) is 1. The molecule has 2 aliphatic carbocycles. The van der Waals surface area contributed by atoms with Gasteiger partial charge in [0.1, 0.15) is 11.8 Å². The molecule has 0 bridgehead atoms. The summed E-state index contributed by atoms with van der Waals surface area (Å²) in [6.45, 7) is 2.41. The number of aliphatic hydroxyl groups is 1. The minimum absolute atomic E-state index is 0.0476. The van der Waals surface area contributed by atoms with Gasteiger partial charge in [-0.2, -0.15) is 5.06 Å². The summed E-state index contributed by atoms with van der Waals surface area (Å²) in [6.07, 6.45) is 9.48. The summed E-state index contributed by atoms with van der Waals surface area (Å²) in [5, 5.41) is 24.4. The number of carboxylic acids is 1. The van der Waals surface area contributed by atoms with Gasteiger partial charge in [0.2, 0.25) is 0 Å². The zero-order chi connectivity index (χ0) is 16.5. The first-order valence-corrected chi connectivity index (χ1v) is 9.04. The molecule has 23 heavy (non-hydrogen) atoms. The van der Waals surface area contributed by atoms with E-state index in [1.54, 1.807) is 6.92 Å². The maximum absolute atomic E-state index is 11.8. The van der Waals surface area contributed by atoms with Crippen LogP contribution in [0.1, 0.15) is 64.7 Å². The van der Waals surface area contributed by atoms with Crippen LogP contribution < -0.4 is 5.32 Å². The van der Waals surface area contributed by atoms with Crippen LogP contribution in [-0.2, 0) is 9.63 Å². The van der Waals surface area contributed by atoms with Gasteiger partial charge in [0, 0.05) is 12.6 Å². The molecule has 3 aliphatic rings. The Labute approximate surface area is 138 Å². The molecule has 0 radical (unpaired) electrons. The smallest absolute Gasteiger partial charge is 0.326 e. The molecule has 1 spiro atoms. The van der Waals surface area contributed by atoms with Crippen molar-refractivity contribution in [2.75, 3.05) is 13.2 Å². The lowest BCUT2D eigenvalue weighted by atomic mass is 9.57. The quantitative estimate of drug-likeness (QED) is 0.691. The summed E-state index contributed by atoms with van der Waals surface area (Å²) in [4.78, 5) is 17.5. The molecule has 0 amide bonds. The number of nitrogens with zero attached hydrogens (tertiary/aromatic N) is 1. The molecule has 6 nitrogen and oxygen atoms in total. The number of hydrogen-bond acceptors (Lipinski definition) is 5. The number of aliphatic hydroxyl groups excluding tert-OH is 1. The van der Waals surface area contributed by atoms with Gasteiger partial charge in [0.15, 0.2) is 0 Å². The summed E-state index contributed by atoms with van der Waals surface area (Å²) in [5.41, 5.74) is -0.806. The molecule has 0 aromatic heterocycles. The van der Waals surface area contributed by atoms with E-state index in [-0.39, 0.29) is 12.6 Å². The minimum Gasteiger partial charge on any atom is -0.480 e. The Balaban J connectivity index is 1.60. The van der Waals surface area contributed by atoms with Crippen LogP contribution in [0.2, 0.25) is 0 Å². The van der Waals surface area contributed by atoms with Crippen molar-refractivity contribution < 1.29 is 19.8 Å². The first-order valence-electron chi connectivity index (χ1n) is 9.04. The Bertz CT molecular complexity index is 438. The third-order valence-electron chi connectivity index (χ3n) is 6.18. The molecule has 0 aromatic rings. The van der Waals surface area contributed by atoms with Gasteiger partial charge in [0.05, 0.1) is 6.61 Å². The van der Waals surface area contributed by atoms with Crippen LogP contribution in [0.15, 0.2) is 0 Å². The van der Waals surface area contributed by atoms with Gasteiger partial charge in [-0.25, -0.2) is 0 Å². The molecule has 1 aliphatic heterocycles. The van der Waals surface area contributed by atoms with Crippen molar-refractivity contribution in [3.63, 3.8) is 0 Å². The molecular weight excluding hydrogens is 296 g/mol. The lowest BCUT2D eigenvalue weighted by Crippen LogP contribution is -2.65. The van der Waals surface area contributed by atoms with Crippen LogP contribution in [0.25, 0.3) is 0 Å². The Morgan fingerprint density at radius 3 is 2.52 bits per heavy atom. The fourth-order valence-electron chi connectivity index (χ4n) is 4.41. The first-order chi connectivity index (χ1) is 11.0. The zero-order valence-corrected chi connectivity index (χ0v) is 14.1. The van der Waals surface area contributed by atoms with Crippen molar-refractivity contribution in [2.24, 2.45) is 5.41 Å². The topological polar surface area (TPSA) is 82.0 Å². The van der Waals surface area contributed by atoms with Gasteiger partial charge in [-0.3, -0.25) is 14.9 Å². The second kappa shape index (κ2) is 6.67. The highest BCUT2D eigenvalue weighted by molar-refractivity contribution is 5.78. The fourth-order valence-corrected chi connectivity index (χ4v) is 4.41. The van der Waals surface area contributed by atoms with Crippen molar-refractivity contribution >= 4 is 5.97 Å². The van der Waals surface area contributed by atoms with Crippen molar-refractivity contribution in [3.8, 4) is 0 Å². The minimum atomic E-state index is -1.11. The highest BCUT2D eigenvalue weighted by atomic mass is 16.7. The van der Waals surface area contributed by atoms with Crippen molar-refractivity contribution in [3.05, 3.63) is 0 Å². The number of rotatable bonds is 6. The second-order valence-electron chi connectivity index (χ2n) is 7.83. The van der Waals surface area contributed by atoms with Gasteiger partial charge in [-0.1, -0.05) is 19.3 Å². The molecule has 1 saturated heterocycles. The van der Waals surface area contributed by atoms with Gasteiger partial charge < -0.3 is 10.2 Å². The van der Waals surface area contributed by atoms with Gasteiger partial charge in [-0.15, -0.1) is 0 Å². The normalized spacial score (nSPS) is 33.3. The van der Waals surface area contributed by atoms with E-state index in [0.29, 0.717) is 18.4 Å². The fraction of sp³-hybridized carbons (Fsp3) is 0.941.